The molecule has 1 aliphatic heterocycles. The molecule has 2 amide bonds. The van der Waals surface area contributed by atoms with Crippen molar-refractivity contribution in [3.8, 4) is 0 Å². The van der Waals surface area contributed by atoms with E-state index in [1.54, 1.807) is 0 Å². The average Bonchev–Trinajstić information content (AvgIpc) is 3.08. The Morgan fingerprint density at radius 3 is 2.43 bits per heavy atom. The van der Waals surface area contributed by atoms with E-state index in [0.717, 1.165) is 19.4 Å². The molecule has 23 heavy (non-hydrogen) atoms. The highest BCUT2D eigenvalue weighted by atomic mass is 16.2. The van der Waals surface area contributed by atoms with Crippen molar-refractivity contribution in [3.05, 3.63) is 35.4 Å². The lowest BCUT2D eigenvalue weighted by atomic mass is 10.0. The van der Waals surface area contributed by atoms with Crippen LogP contribution in [-0.2, 0) is 13.1 Å². The third kappa shape index (κ3) is 4.96. The van der Waals surface area contributed by atoms with Crippen LogP contribution in [-0.4, -0.2) is 30.1 Å². The van der Waals surface area contributed by atoms with Crippen LogP contribution < -0.4 is 10.6 Å². The average molecular weight is 315 g/mol. The maximum atomic E-state index is 12.0. The number of urea groups is 1. The Labute approximate surface area is 139 Å². The molecule has 2 N–H and O–H groups in total. The summed E-state index contributed by atoms with van der Waals surface area (Å²) in [5.74, 6) is 0. The quantitative estimate of drug-likeness (QED) is 0.874. The number of piperidine rings is 1. The van der Waals surface area contributed by atoms with Gasteiger partial charge in [-0.15, -0.1) is 0 Å². The molecule has 3 rings (SSSR count). The number of rotatable bonds is 5. The van der Waals surface area contributed by atoms with E-state index < -0.39 is 0 Å². The summed E-state index contributed by atoms with van der Waals surface area (Å²) in [6, 6.07) is 8.84. The second kappa shape index (κ2) is 8.34. The minimum Gasteiger partial charge on any atom is -0.335 e. The molecule has 126 valence electrons. The van der Waals surface area contributed by atoms with Crippen LogP contribution in [0.5, 0.6) is 0 Å². The molecule has 0 atom stereocenters. The van der Waals surface area contributed by atoms with Gasteiger partial charge in [-0.3, -0.25) is 4.90 Å². The van der Waals surface area contributed by atoms with Gasteiger partial charge < -0.3 is 10.6 Å². The maximum absolute atomic E-state index is 12.0. The normalized spacial score (nSPS) is 19.7. The van der Waals surface area contributed by atoms with Crippen molar-refractivity contribution < 1.29 is 4.79 Å². The number of carbonyl (C=O) groups excluding carboxylic acids is 1. The molecule has 1 saturated heterocycles. The number of carbonyl (C=O) groups is 1. The molecular weight excluding hydrogens is 286 g/mol. The molecule has 1 heterocycles. The first-order valence-electron chi connectivity index (χ1n) is 9.15. The zero-order valence-corrected chi connectivity index (χ0v) is 14.0. The van der Waals surface area contributed by atoms with Gasteiger partial charge in [0.15, 0.2) is 0 Å². The van der Waals surface area contributed by atoms with E-state index >= 15 is 0 Å². The van der Waals surface area contributed by atoms with Crippen molar-refractivity contribution >= 4 is 6.03 Å². The molecule has 0 spiro atoms. The fourth-order valence-corrected chi connectivity index (χ4v) is 3.72. The zero-order chi connectivity index (χ0) is 15.9. The highest BCUT2D eigenvalue weighted by molar-refractivity contribution is 5.74. The highest BCUT2D eigenvalue weighted by Crippen LogP contribution is 2.18. The van der Waals surface area contributed by atoms with Crippen molar-refractivity contribution in [1.29, 1.82) is 0 Å². The summed E-state index contributed by atoms with van der Waals surface area (Å²) in [6.07, 6.45) is 8.71. The van der Waals surface area contributed by atoms with Gasteiger partial charge in [0, 0.05) is 19.1 Å². The molecule has 1 aliphatic carbocycles. The van der Waals surface area contributed by atoms with Crippen LogP contribution in [0.15, 0.2) is 24.3 Å². The van der Waals surface area contributed by atoms with Crippen LogP contribution in [0.25, 0.3) is 0 Å². The molecule has 0 bridgehead atoms. The van der Waals surface area contributed by atoms with E-state index in [9.17, 15) is 4.79 Å². The molecular formula is C19H29N3O. The summed E-state index contributed by atoms with van der Waals surface area (Å²) < 4.78 is 0. The first kappa shape index (κ1) is 16.3. The summed E-state index contributed by atoms with van der Waals surface area (Å²) in [5.41, 5.74) is 2.58. The van der Waals surface area contributed by atoms with Crippen LogP contribution in [0.4, 0.5) is 4.79 Å². The van der Waals surface area contributed by atoms with Crippen molar-refractivity contribution in [2.24, 2.45) is 0 Å². The SMILES string of the molecule is O=C(NCc1ccccc1CN1CCCCC1)NC1CCCC1. The van der Waals surface area contributed by atoms with Gasteiger partial charge in [0.05, 0.1) is 0 Å². The Morgan fingerprint density at radius 1 is 1.00 bits per heavy atom. The minimum absolute atomic E-state index is 0.0234. The number of hydrogen-bond acceptors (Lipinski definition) is 2. The number of likely N-dealkylation sites (tertiary alicyclic amines) is 1. The second-order valence-electron chi connectivity index (χ2n) is 6.91. The molecule has 2 fully saturated rings. The lowest BCUT2D eigenvalue weighted by Gasteiger charge is -2.27. The smallest absolute Gasteiger partial charge is 0.315 e. The molecule has 0 unspecified atom stereocenters. The van der Waals surface area contributed by atoms with E-state index in [4.69, 9.17) is 0 Å². The summed E-state index contributed by atoms with van der Waals surface area (Å²) in [6.45, 7) is 4.01. The molecule has 4 nitrogen and oxygen atoms in total. The van der Waals surface area contributed by atoms with Gasteiger partial charge in [-0.2, -0.15) is 0 Å². The van der Waals surface area contributed by atoms with E-state index in [0.29, 0.717) is 12.6 Å². The van der Waals surface area contributed by atoms with Crippen LogP contribution in [0.3, 0.4) is 0 Å². The monoisotopic (exact) mass is 315 g/mol. The number of nitrogens with zero attached hydrogens (tertiary/aromatic N) is 1. The predicted molar refractivity (Wildman–Crippen MR) is 93.2 cm³/mol. The van der Waals surface area contributed by atoms with E-state index in [2.05, 4.69) is 39.8 Å². The summed E-state index contributed by atoms with van der Waals surface area (Å²) in [4.78, 5) is 14.6. The molecule has 1 aromatic carbocycles. The summed E-state index contributed by atoms with van der Waals surface area (Å²) in [5, 5.41) is 6.12. The number of nitrogens with one attached hydrogen (secondary N) is 2. The largest absolute Gasteiger partial charge is 0.335 e. The van der Waals surface area contributed by atoms with Crippen molar-refractivity contribution in [2.45, 2.75) is 64.1 Å². The van der Waals surface area contributed by atoms with Gasteiger partial charge in [-0.1, -0.05) is 43.5 Å². The molecule has 2 aliphatic rings. The zero-order valence-electron chi connectivity index (χ0n) is 14.0. The molecule has 0 radical (unpaired) electrons. The fraction of sp³-hybridized carbons (Fsp3) is 0.632. The van der Waals surface area contributed by atoms with Crippen LogP contribution in [0.1, 0.15) is 56.1 Å². The second-order valence-corrected chi connectivity index (χ2v) is 6.91. The van der Waals surface area contributed by atoms with E-state index in [1.165, 1.54) is 56.3 Å². The molecule has 1 aromatic rings. The van der Waals surface area contributed by atoms with Crippen LogP contribution >= 0.6 is 0 Å². The Hall–Kier alpha value is -1.55. The third-order valence-corrected chi connectivity index (χ3v) is 5.09. The van der Waals surface area contributed by atoms with Crippen LogP contribution in [0.2, 0.25) is 0 Å². The van der Waals surface area contributed by atoms with Gasteiger partial charge in [0.2, 0.25) is 0 Å². The predicted octanol–water partition coefficient (Wildman–Crippen LogP) is 3.41. The van der Waals surface area contributed by atoms with Crippen molar-refractivity contribution in [1.82, 2.24) is 15.5 Å². The third-order valence-electron chi connectivity index (χ3n) is 5.09. The van der Waals surface area contributed by atoms with Gasteiger partial charge in [-0.05, 0) is 49.9 Å². The maximum Gasteiger partial charge on any atom is 0.315 e. The topological polar surface area (TPSA) is 44.4 Å². The van der Waals surface area contributed by atoms with E-state index in [1.807, 2.05) is 0 Å². The Morgan fingerprint density at radius 2 is 1.70 bits per heavy atom. The Balaban J connectivity index is 1.51. The Kier molecular flexibility index (Phi) is 5.92. The van der Waals surface area contributed by atoms with Gasteiger partial charge in [0.1, 0.15) is 0 Å². The number of benzene rings is 1. The highest BCUT2D eigenvalue weighted by Gasteiger charge is 2.17. The summed E-state index contributed by atoms with van der Waals surface area (Å²) >= 11 is 0. The first-order chi connectivity index (χ1) is 11.3. The first-order valence-corrected chi connectivity index (χ1v) is 9.15. The van der Waals surface area contributed by atoms with Gasteiger partial charge in [-0.25, -0.2) is 4.79 Å². The van der Waals surface area contributed by atoms with Crippen molar-refractivity contribution in [3.63, 3.8) is 0 Å². The minimum atomic E-state index is -0.0234. The standard InChI is InChI=1S/C19H29N3O/c23-19(21-18-10-4-5-11-18)20-14-16-8-2-3-9-17(16)15-22-12-6-1-7-13-22/h2-3,8-9,18H,1,4-7,10-15H2,(H2,20,21,23). The van der Waals surface area contributed by atoms with Crippen molar-refractivity contribution in [2.75, 3.05) is 13.1 Å². The fourth-order valence-electron chi connectivity index (χ4n) is 3.72. The van der Waals surface area contributed by atoms with E-state index in [-0.39, 0.29) is 6.03 Å². The molecule has 0 aromatic heterocycles. The lowest BCUT2D eigenvalue weighted by molar-refractivity contribution is 0.220. The molecule has 4 heteroatoms. The van der Waals surface area contributed by atoms with Gasteiger partial charge in [0.25, 0.3) is 0 Å². The summed E-state index contributed by atoms with van der Waals surface area (Å²) in [7, 11) is 0. The van der Waals surface area contributed by atoms with Gasteiger partial charge >= 0.3 is 6.03 Å². The Bertz CT molecular complexity index is 505. The number of hydrogen-bond donors (Lipinski definition) is 2. The lowest BCUT2D eigenvalue weighted by Crippen LogP contribution is -2.40. The number of amides is 2. The molecule has 1 saturated carbocycles. The van der Waals surface area contributed by atoms with Crippen LogP contribution in [0, 0.1) is 0 Å².